The van der Waals surface area contributed by atoms with Gasteiger partial charge in [0, 0.05) is 5.80 Å². The van der Waals surface area contributed by atoms with Gasteiger partial charge in [0.2, 0.25) is 0 Å². The van der Waals surface area contributed by atoms with Gasteiger partial charge in [0.05, 0.1) is 20.1 Å². The minimum Gasteiger partial charge on any atom is -0.366 e. The third-order valence-corrected chi connectivity index (χ3v) is 1.38. The number of hydrogen-bond donors (Lipinski definition) is 1. The smallest absolute Gasteiger partial charge is 0.250 e. The van der Waals surface area contributed by atoms with Gasteiger partial charge in [-0.15, -0.1) is 4.86 Å². The molecule has 0 aromatic carbocycles. The molecule has 4 nitrogen and oxygen atoms in total. The van der Waals surface area contributed by atoms with E-state index >= 15 is 0 Å². The summed E-state index contributed by atoms with van der Waals surface area (Å²) in [6.45, 7) is 0. The first-order valence-electron chi connectivity index (χ1n) is 2.24. The van der Waals surface area contributed by atoms with E-state index in [0.717, 1.165) is 0 Å². The van der Waals surface area contributed by atoms with Crippen molar-refractivity contribution in [2.45, 2.75) is 0 Å². The largest absolute Gasteiger partial charge is 0.366 e. The summed E-state index contributed by atoms with van der Waals surface area (Å²) < 4.78 is 0. The number of nitrogens with two attached hydrogens (primary N) is 1. The van der Waals surface area contributed by atoms with Gasteiger partial charge in [-0.3, -0.25) is 4.79 Å². The Morgan fingerprint density at radius 2 is 2.56 bits per heavy atom. The summed E-state index contributed by atoms with van der Waals surface area (Å²) in [5, 5.41) is 3.50. The molecule has 0 saturated carbocycles. The molecule has 0 aliphatic rings. The first kappa shape index (κ1) is 6.11. The number of primary amides is 1. The highest BCUT2D eigenvalue weighted by atomic mass is 31.0. The zero-order chi connectivity index (χ0) is 6.69. The predicted octanol–water partition coefficient (Wildman–Crippen LogP) is 0.156. The van der Waals surface area contributed by atoms with E-state index in [-0.39, 0.29) is 0 Å². The second-order valence-electron chi connectivity index (χ2n) is 1.40. The molecule has 0 saturated heterocycles. The third kappa shape index (κ3) is 1.44. The number of hydrogen-bond acceptors (Lipinski definition) is 3. The molecule has 0 spiro atoms. The number of nitrogens with zero attached hydrogens (tertiary/aromatic N) is 2. The molecule has 1 rings (SSSR count). The second kappa shape index (κ2) is 2.51. The highest BCUT2D eigenvalue weighted by Gasteiger charge is 1.96. The standard InChI is InChI=1S/C4H4N3OP/c5-4(8)3-1-6-7-9-2-3/h1-2H,(H2,5,8). The van der Waals surface area contributed by atoms with Crippen molar-refractivity contribution in [1.82, 2.24) is 9.96 Å². The number of rotatable bonds is 1. The van der Waals surface area contributed by atoms with Crippen molar-refractivity contribution in [3.05, 3.63) is 17.6 Å². The van der Waals surface area contributed by atoms with E-state index in [1.807, 2.05) is 0 Å². The van der Waals surface area contributed by atoms with Gasteiger partial charge in [-0.1, -0.05) is 0 Å². The fourth-order valence-corrected chi connectivity index (χ4v) is 0.848. The minimum absolute atomic E-state index is 0.423. The van der Waals surface area contributed by atoms with Crippen molar-refractivity contribution in [3.8, 4) is 0 Å². The molecule has 0 atom stereocenters. The van der Waals surface area contributed by atoms with E-state index in [0.29, 0.717) is 13.9 Å². The molecule has 0 aliphatic heterocycles. The lowest BCUT2D eigenvalue weighted by molar-refractivity contribution is 0.1000. The Hall–Kier alpha value is -1.02. The van der Waals surface area contributed by atoms with E-state index < -0.39 is 5.91 Å². The van der Waals surface area contributed by atoms with Gasteiger partial charge < -0.3 is 5.73 Å². The molecule has 2 N–H and O–H groups in total. The third-order valence-electron chi connectivity index (χ3n) is 0.781. The van der Waals surface area contributed by atoms with Crippen molar-refractivity contribution in [1.29, 1.82) is 0 Å². The first-order valence-corrected chi connectivity index (χ1v) is 3.15. The maximum absolute atomic E-state index is 10.4. The molecule has 1 aromatic rings. The Kier molecular flexibility index (Phi) is 1.70. The molecule has 1 amide bonds. The number of amides is 1. The van der Waals surface area contributed by atoms with Crippen LogP contribution in [0.1, 0.15) is 10.4 Å². The molecule has 9 heavy (non-hydrogen) atoms. The molecule has 46 valence electrons. The van der Waals surface area contributed by atoms with E-state index in [1.165, 1.54) is 6.20 Å². The van der Waals surface area contributed by atoms with Gasteiger partial charge >= 0.3 is 0 Å². The van der Waals surface area contributed by atoms with Crippen LogP contribution in [0.4, 0.5) is 0 Å². The highest BCUT2D eigenvalue weighted by molar-refractivity contribution is 7.24. The minimum atomic E-state index is -0.457. The average Bonchev–Trinajstić information content (AvgIpc) is 1.90. The second-order valence-corrected chi connectivity index (χ2v) is 2.07. The number of aromatic nitrogens is 2. The number of carbonyl (C=O) groups is 1. The van der Waals surface area contributed by atoms with Gasteiger partial charge in [-0.25, -0.2) is 0 Å². The molecule has 0 fully saturated rings. The Bertz CT molecular complexity index is 212. The lowest BCUT2D eigenvalue weighted by Crippen LogP contribution is -2.10. The van der Waals surface area contributed by atoms with E-state index in [4.69, 9.17) is 5.73 Å². The predicted molar refractivity (Wildman–Crippen MR) is 33.1 cm³/mol. The molecule has 0 radical (unpaired) electrons. The molecule has 0 unspecified atom stereocenters. The lowest BCUT2D eigenvalue weighted by atomic mass is 10.4. The summed E-state index contributed by atoms with van der Waals surface area (Å²) in [5.41, 5.74) is 5.35. The molecular weight excluding hydrogens is 137 g/mol. The zero-order valence-corrected chi connectivity index (χ0v) is 5.38. The van der Waals surface area contributed by atoms with Crippen LogP contribution in [0, 0.1) is 0 Å². The van der Waals surface area contributed by atoms with Crippen molar-refractivity contribution in [3.63, 3.8) is 0 Å². The van der Waals surface area contributed by atoms with Crippen LogP contribution in [0.2, 0.25) is 0 Å². The fourth-order valence-electron chi connectivity index (χ4n) is 0.366. The summed E-state index contributed by atoms with van der Waals surface area (Å²) in [6, 6.07) is 0. The Morgan fingerprint density at radius 1 is 1.78 bits per heavy atom. The first-order chi connectivity index (χ1) is 4.30. The molecule has 1 aromatic heterocycles. The Morgan fingerprint density at radius 3 is 2.89 bits per heavy atom. The van der Waals surface area contributed by atoms with Gasteiger partial charge in [0.25, 0.3) is 5.91 Å². The Balaban J connectivity index is 2.98. The van der Waals surface area contributed by atoms with Crippen LogP contribution in [-0.4, -0.2) is 15.9 Å². The van der Waals surface area contributed by atoms with E-state index in [9.17, 15) is 4.79 Å². The quantitative estimate of drug-likeness (QED) is 0.605. The topological polar surface area (TPSA) is 68.9 Å². The van der Waals surface area contributed by atoms with Gasteiger partial charge in [0.15, 0.2) is 0 Å². The van der Waals surface area contributed by atoms with Crippen molar-refractivity contribution in [2.75, 3.05) is 0 Å². The highest BCUT2D eigenvalue weighted by Crippen LogP contribution is 1.99. The SMILES string of the molecule is NC(=O)c1cnnpc1. The maximum atomic E-state index is 10.4. The molecule has 0 bridgehead atoms. The summed E-state index contributed by atoms with van der Waals surface area (Å²) in [4.78, 5) is 13.9. The monoisotopic (exact) mass is 141 g/mol. The van der Waals surface area contributed by atoms with E-state index in [2.05, 4.69) is 9.96 Å². The van der Waals surface area contributed by atoms with Crippen LogP contribution >= 0.6 is 8.35 Å². The summed E-state index contributed by atoms with van der Waals surface area (Å²) in [6.07, 6.45) is 1.35. The lowest BCUT2D eigenvalue weighted by Gasteiger charge is -1.87. The van der Waals surface area contributed by atoms with Gasteiger partial charge in [-0.05, 0) is 0 Å². The Labute approximate surface area is 53.3 Å². The van der Waals surface area contributed by atoms with Gasteiger partial charge in [-0.2, -0.15) is 5.10 Å². The van der Waals surface area contributed by atoms with Gasteiger partial charge in [0.1, 0.15) is 0 Å². The van der Waals surface area contributed by atoms with E-state index in [1.54, 1.807) is 5.80 Å². The summed E-state index contributed by atoms with van der Waals surface area (Å²) >= 11 is 0. The molecular formula is C4H4N3OP. The summed E-state index contributed by atoms with van der Waals surface area (Å²) in [5.74, 6) is 1.15. The molecule has 1 heterocycles. The van der Waals surface area contributed by atoms with Crippen LogP contribution in [0.5, 0.6) is 0 Å². The van der Waals surface area contributed by atoms with Crippen molar-refractivity contribution >= 4 is 14.3 Å². The molecule has 5 heteroatoms. The van der Waals surface area contributed by atoms with Crippen molar-refractivity contribution < 1.29 is 4.79 Å². The molecule has 0 aliphatic carbocycles. The van der Waals surface area contributed by atoms with Crippen LogP contribution in [-0.2, 0) is 0 Å². The fraction of sp³-hybridized carbons (Fsp3) is 0. The van der Waals surface area contributed by atoms with Crippen LogP contribution in [0.3, 0.4) is 0 Å². The summed E-state index contributed by atoms with van der Waals surface area (Å²) in [7, 11) is 0.667. The zero-order valence-electron chi connectivity index (χ0n) is 4.48. The average molecular weight is 141 g/mol. The van der Waals surface area contributed by atoms with Crippen LogP contribution in [0.25, 0.3) is 0 Å². The van der Waals surface area contributed by atoms with Crippen LogP contribution in [0.15, 0.2) is 12.0 Å². The maximum Gasteiger partial charge on any atom is 0.250 e. The normalized spacial score (nSPS) is 9.78. The van der Waals surface area contributed by atoms with Crippen molar-refractivity contribution in [2.24, 2.45) is 5.73 Å². The number of carbonyl (C=O) groups excluding carboxylic acids is 1. The van der Waals surface area contributed by atoms with Crippen LogP contribution < -0.4 is 5.73 Å².